The van der Waals surface area contributed by atoms with E-state index in [1.165, 1.54) is 12.1 Å². The molecule has 1 aromatic rings. The van der Waals surface area contributed by atoms with Gasteiger partial charge in [-0.05, 0) is 17.7 Å². The van der Waals surface area contributed by atoms with E-state index in [-0.39, 0.29) is 12.2 Å². The van der Waals surface area contributed by atoms with Crippen molar-refractivity contribution in [3.05, 3.63) is 41.7 Å². The molecule has 1 heterocycles. The van der Waals surface area contributed by atoms with E-state index in [1.807, 2.05) is 0 Å². The molecule has 0 radical (unpaired) electrons. The van der Waals surface area contributed by atoms with Gasteiger partial charge in [0.15, 0.2) is 0 Å². The van der Waals surface area contributed by atoms with Gasteiger partial charge in [-0.2, -0.15) is 0 Å². The van der Waals surface area contributed by atoms with Gasteiger partial charge < -0.3 is 4.74 Å². The highest BCUT2D eigenvalue weighted by atomic mass is 19.1. The summed E-state index contributed by atoms with van der Waals surface area (Å²) in [7, 11) is 0. The first-order valence-electron chi connectivity index (χ1n) is 4.83. The van der Waals surface area contributed by atoms with Crippen LogP contribution < -0.4 is 0 Å². The smallest absolute Gasteiger partial charge is 0.321 e. The van der Waals surface area contributed by atoms with Gasteiger partial charge in [-0.15, -0.1) is 0 Å². The van der Waals surface area contributed by atoms with Crippen molar-refractivity contribution in [2.75, 3.05) is 0 Å². The number of carbonyl (C=O) groups is 2. The molecule has 0 aromatic heterocycles. The predicted molar refractivity (Wildman–Crippen MR) is 54.6 cm³/mol. The van der Waals surface area contributed by atoms with Gasteiger partial charge in [-0.1, -0.05) is 24.3 Å². The lowest BCUT2D eigenvalue weighted by molar-refractivity contribution is -0.152. The lowest BCUT2D eigenvalue weighted by Gasteiger charge is -1.96. The van der Waals surface area contributed by atoms with E-state index < -0.39 is 17.9 Å². The molecule has 1 aliphatic rings. The standard InChI is InChI=1S/C12H9FO3/c13-10-5-2-8(3-6-10)1-4-9-7-11(14)16-12(9)15/h1-6,9H,7H2/b4-1+. The highest BCUT2D eigenvalue weighted by Gasteiger charge is 2.30. The largest absolute Gasteiger partial charge is 0.393 e. The molecule has 0 spiro atoms. The summed E-state index contributed by atoms with van der Waals surface area (Å²) in [4.78, 5) is 21.9. The Hall–Kier alpha value is -1.97. The maximum absolute atomic E-state index is 12.6. The summed E-state index contributed by atoms with van der Waals surface area (Å²) in [6.07, 6.45) is 3.35. The summed E-state index contributed by atoms with van der Waals surface area (Å²) in [6.45, 7) is 0. The molecule has 3 nitrogen and oxygen atoms in total. The molecule has 2 rings (SSSR count). The molecular weight excluding hydrogens is 211 g/mol. The monoisotopic (exact) mass is 220 g/mol. The zero-order valence-electron chi connectivity index (χ0n) is 8.35. The van der Waals surface area contributed by atoms with Crippen LogP contribution in [0.1, 0.15) is 12.0 Å². The Balaban J connectivity index is 2.07. The van der Waals surface area contributed by atoms with Crippen LogP contribution in [0.5, 0.6) is 0 Å². The summed E-state index contributed by atoms with van der Waals surface area (Å²) >= 11 is 0. The van der Waals surface area contributed by atoms with E-state index in [1.54, 1.807) is 24.3 Å². The van der Waals surface area contributed by atoms with Crippen molar-refractivity contribution in [1.82, 2.24) is 0 Å². The van der Waals surface area contributed by atoms with E-state index in [0.29, 0.717) is 0 Å². The van der Waals surface area contributed by atoms with Gasteiger partial charge in [-0.25, -0.2) is 4.39 Å². The molecule has 82 valence electrons. The first-order valence-corrected chi connectivity index (χ1v) is 4.83. The fourth-order valence-electron chi connectivity index (χ4n) is 1.44. The number of rotatable bonds is 2. The number of ether oxygens (including phenoxy) is 1. The topological polar surface area (TPSA) is 43.4 Å². The number of cyclic esters (lactones) is 2. The second-order valence-corrected chi connectivity index (χ2v) is 3.51. The van der Waals surface area contributed by atoms with Crippen molar-refractivity contribution in [3.63, 3.8) is 0 Å². The fourth-order valence-corrected chi connectivity index (χ4v) is 1.44. The Morgan fingerprint density at radius 1 is 1.25 bits per heavy atom. The van der Waals surface area contributed by atoms with Gasteiger partial charge in [0.2, 0.25) is 0 Å². The minimum atomic E-state index is -0.525. The number of benzene rings is 1. The van der Waals surface area contributed by atoms with Gasteiger partial charge in [0.1, 0.15) is 5.82 Å². The van der Waals surface area contributed by atoms with E-state index in [9.17, 15) is 14.0 Å². The highest BCUT2D eigenvalue weighted by molar-refractivity contribution is 5.96. The molecule has 1 saturated heterocycles. The van der Waals surface area contributed by atoms with Gasteiger partial charge in [0.25, 0.3) is 0 Å². The minimum Gasteiger partial charge on any atom is -0.393 e. The summed E-state index contributed by atoms with van der Waals surface area (Å²) in [6, 6.07) is 5.84. The molecule has 0 N–H and O–H groups in total. The van der Waals surface area contributed by atoms with Gasteiger partial charge in [-0.3, -0.25) is 9.59 Å². The first-order chi connectivity index (χ1) is 7.65. The Labute approximate surface area is 91.5 Å². The maximum Gasteiger partial charge on any atom is 0.321 e. The molecular formula is C12H9FO3. The Morgan fingerprint density at radius 2 is 1.94 bits per heavy atom. The van der Waals surface area contributed by atoms with Crippen LogP contribution in [0.3, 0.4) is 0 Å². The first kappa shape index (κ1) is 10.5. The second-order valence-electron chi connectivity index (χ2n) is 3.51. The normalized spacial score (nSPS) is 20.4. The van der Waals surface area contributed by atoms with E-state index in [4.69, 9.17) is 0 Å². The Bertz CT molecular complexity index is 448. The Morgan fingerprint density at radius 3 is 2.50 bits per heavy atom. The third kappa shape index (κ3) is 2.34. The zero-order chi connectivity index (χ0) is 11.5. The van der Waals surface area contributed by atoms with Gasteiger partial charge >= 0.3 is 11.9 Å². The molecule has 1 fully saturated rings. The van der Waals surface area contributed by atoms with Crippen LogP contribution in [0.15, 0.2) is 30.3 Å². The van der Waals surface area contributed by atoms with Crippen LogP contribution in [-0.2, 0) is 14.3 Å². The van der Waals surface area contributed by atoms with Crippen LogP contribution >= 0.6 is 0 Å². The van der Waals surface area contributed by atoms with Crippen LogP contribution in [0.25, 0.3) is 6.08 Å². The third-order valence-electron chi connectivity index (χ3n) is 2.29. The van der Waals surface area contributed by atoms with Crippen molar-refractivity contribution in [3.8, 4) is 0 Å². The summed E-state index contributed by atoms with van der Waals surface area (Å²) < 4.78 is 17.0. The quantitative estimate of drug-likeness (QED) is 0.565. The van der Waals surface area contributed by atoms with Crippen LogP contribution in [-0.4, -0.2) is 11.9 Å². The minimum absolute atomic E-state index is 0.0799. The van der Waals surface area contributed by atoms with Crippen molar-refractivity contribution in [2.45, 2.75) is 6.42 Å². The van der Waals surface area contributed by atoms with Crippen LogP contribution in [0.2, 0.25) is 0 Å². The van der Waals surface area contributed by atoms with Crippen LogP contribution in [0.4, 0.5) is 4.39 Å². The molecule has 1 unspecified atom stereocenters. The predicted octanol–water partition coefficient (Wildman–Crippen LogP) is 1.93. The van der Waals surface area contributed by atoms with E-state index >= 15 is 0 Å². The molecule has 16 heavy (non-hydrogen) atoms. The van der Waals surface area contributed by atoms with Crippen LogP contribution in [0, 0.1) is 11.7 Å². The Kier molecular flexibility index (Phi) is 2.81. The molecule has 1 aliphatic heterocycles. The lowest BCUT2D eigenvalue weighted by Crippen LogP contribution is -2.03. The van der Waals surface area contributed by atoms with E-state index in [2.05, 4.69) is 4.74 Å². The lowest BCUT2D eigenvalue weighted by atomic mass is 10.1. The SMILES string of the molecule is O=C1CC(/C=C/c2ccc(F)cc2)C(=O)O1. The molecule has 0 saturated carbocycles. The molecule has 1 atom stereocenters. The number of halogens is 1. The van der Waals surface area contributed by atoms with Crippen molar-refractivity contribution < 1.29 is 18.7 Å². The summed E-state index contributed by atoms with van der Waals surface area (Å²) in [5.41, 5.74) is 0.772. The van der Waals surface area contributed by atoms with Crippen molar-refractivity contribution in [1.29, 1.82) is 0 Å². The third-order valence-corrected chi connectivity index (χ3v) is 2.29. The number of carbonyl (C=O) groups excluding carboxylic acids is 2. The molecule has 4 heteroatoms. The molecule has 0 bridgehead atoms. The summed E-state index contributed by atoms with van der Waals surface area (Å²) in [5.74, 6) is -1.85. The average Bonchev–Trinajstić information content (AvgIpc) is 2.57. The average molecular weight is 220 g/mol. The second kappa shape index (κ2) is 4.26. The van der Waals surface area contributed by atoms with E-state index in [0.717, 1.165) is 5.56 Å². The van der Waals surface area contributed by atoms with Gasteiger partial charge in [0, 0.05) is 0 Å². The fraction of sp³-hybridized carbons (Fsp3) is 0.167. The number of hydrogen-bond acceptors (Lipinski definition) is 3. The summed E-state index contributed by atoms with van der Waals surface area (Å²) in [5, 5.41) is 0. The molecule has 0 aliphatic carbocycles. The zero-order valence-corrected chi connectivity index (χ0v) is 8.35. The maximum atomic E-state index is 12.6. The van der Waals surface area contributed by atoms with Crippen molar-refractivity contribution in [2.24, 2.45) is 5.92 Å². The molecule has 0 amide bonds. The van der Waals surface area contributed by atoms with Gasteiger partial charge in [0.05, 0.1) is 12.3 Å². The molecule has 1 aromatic carbocycles. The highest BCUT2D eigenvalue weighted by Crippen LogP contribution is 2.18. The number of esters is 2. The number of hydrogen-bond donors (Lipinski definition) is 0. The van der Waals surface area contributed by atoms with Crippen molar-refractivity contribution >= 4 is 18.0 Å².